The van der Waals surface area contributed by atoms with Gasteiger partial charge in [-0.15, -0.1) is 0 Å². The lowest BCUT2D eigenvalue weighted by Gasteiger charge is -2.32. The molecule has 0 spiro atoms. The Morgan fingerprint density at radius 2 is 2.00 bits per heavy atom. The molecule has 0 atom stereocenters. The van der Waals surface area contributed by atoms with Crippen molar-refractivity contribution in [3.63, 3.8) is 0 Å². The highest BCUT2D eigenvalue weighted by atomic mass is 79.9. The van der Waals surface area contributed by atoms with Crippen LogP contribution in [0.25, 0.3) is 0 Å². The van der Waals surface area contributed by atoms with Crippen molar-refractivity contribution in [3.8, 4) is 5.75 Å². The molecule has 0 radical (unpaired) electrons. The highest BCUT2D eigenvalue weighted by molar-refractivity contribution is 9.10. The number of methoxy groups -OCH3 is 1. The van der Waals surface area contributed by atoms with E-state index >= 15 is 0 Å². The molecule has 1 aliphatic heterocycles. The van der Waals surface area contributed by atoms with Gasteiger partial charge in [0.25, 0.3) is 5.92 Å². The average molecular weight is 320 g/mol. The van der Waals surface area contributed by atoms with Gasteiger partial charge in [-0.25, -0.2) is 8.78 Å². The van der Waals surface area contributed by atoms with Gasteiger partial charge in [0.1, 0.15) is 5.75 Å². The maximum absolute atomic E-state index is 13.1. The summed E-state index contributed by atoms with van der Waals surface area (Å²) in [5, 5.41) is 0. The van der Waals surface area contributed by atoms with E-state index in [0.717, 1.165) is 15.8 Å². The van der Waals surface area contributed by atoms with Crippen molar-refractivity contribution in [2.75, 3.05) is 20.2 Å². The van der Waals surface area contributed by atoms with E-state index in [0.29, 0.717) is 19.6 Å². The van der Waals surface area contributed by atoms with Crippen LogP contribution in [0.1, 0.15) is 18.4 Å². The molecule has 1 aromatic carbocycles. The van der Waals surface area contributed by atoms with Gasteiger partial charge in [0.15, 0.2) is 0 Å². The molecule has 2 nitrogen and oxygen atoms in total. The third-order valence-corrected chi connectivity index (χ3v) is 4.01. The van der Waals surface area contributed by atoms with E-state index in [9.17, 15) is 8.78 Å². The van der Waals surface area contributed by atoms with Crippen molar-refractivity contribution in [1.29, 1.82) is 0 Å². The summed E-state index contributed by atoms with van der Waals surface area (Å²) in [6.45, 7) is 1.50. The average Bonchev–Trinajstić information content (AvgIpc) is 2.34. The van der Waals surface area contributed by atoms with Crippen LogP contribution in [0, 0.1) is 0 Å². The summed E-state index contributed by atoms with van der Waals surface area (Å²) in [6, 6.07) is 5.73. The van der Waals surface area contributed by atoms with Crippen molar-refractivity contribution in [3.05, 3.63) is 28.2 Å². The van der Waals surface area contributed by atoms with Gasteiger partial charge in [-0.1, -0.05) is 22.0 Å². The third kappa shape index (κ3) is 3.20. The highest BCUT2D eigenvalue weighted by Gasteiger charge is 2.34. The van der Waals surface area contributed by atoms with E-state index in [1.807, 2.05) is 23.1 Å². The van der Waals surface area contributed by atoms with Gasteiger partial charge in [0, 0.05) is 42.5 Å². The first-order valence-electron chi connectivity index (χ1n) is 5.93. The number of piperidine rings is 1. The number of hydrogen-bond donors (Lipinski definition) is 0. The quantitative estimate of drug-likeness (QED) is 0.842. The first kappa shape index (κ1) is 13.7. The lowest BCUT2D eigenvalue weighted by molar-refractivity contribution is -0.0567. The van der Waals surface area contributed by atoms with Crippen LogP contribution in [-0.2, 0) is 6.54 Å². The predicted octanol–water partition coefficient (Wildman–Crippen LogP) is 3.69. The van der Waals surface area contributed by atoms with Gasteiger partial charge in [-0.05, 0) is 12.1 Å². The SMILES string of the molecule is COc1cccc(Br)c1CN1CCC(F)(F)CC1. The molecule has 0 amide bonds. The molecule has 1 heterocycles. The first-order chi connectivity index (χ1) is 8.52. The summed E-state index contributed by atoms with van der Waals surface area (Å²) in [5.41, 5.74) is 1.02. The Bertz CT molecular complexity index is 415. The van der Waals surface area contributed by atoms with Crippen molar-refractivity contribution in [2.45, 2.75) is 25.3 Å². The van der Waals surface area contributed by atoms with Crippen molar-refractivity contribution in [1.82, 2.24) is 4.90 Å². The summed E-state index contributed by atoms with van der Waals surface area (Å²) in [7, 11) is 1.62. The maximum atomic E-state index is 13.1. The van der Waals surface area contributed by atoms with E-state index < -0.39 is 5.92 Å². The lowest BCUT2D eigenvalue weighted by atomic mass is 10.1. The van der Waals surface area contributed by atoms with Crippen LogP contribution < -0.4 is 4.74 Å². The number of hydrogen-bond acceptors (Lipinski definition) is 2. The molecule has 0 N–H and O–H groups in total. The van der Waals surface area contributed by atoms with E-state index in [1.54, 1.807) is 7.11 Å². The fraction of sp³-hybridized carbons (Fsp3) is 0.538. The van der Waals surface area contributed by atoms with Crippen LogP contribution in [-0.4, -0.2) is 31.0 Å². The zero-order chi connectivity index (χ0) is 13.2. The maximum Gasteiger partial charge on any atom is 0.250 e. The second-order valence-electron chi connectivity index (χ2n) is 4.55. The minimum atomic E-state index is -2.49. The summed E-state index contributed by atoms with van der Waals surface area (Å²) in [6.07, 6.45) is -0.112. The molecule has 0 bridgehead atoms. The van der Waals surface area contributed by atoms with Crippen LogP contribution in [0.15, 0.2) is 22.7 Å². The molecule has 0 unspecified atom stereocenters. The van der Waals surface area contributed by atoms with Gasteiger partial charge in [-0.2, -0.15) is 0 Å². The summed E-state index contributed by atoms with van der Waals surface area (Å²) >= 11 is 3.48. The minimum Gasteiger partial charge on any atom is -0.496 e. The topological polar surface area (TPSA) is 12.5 Å². The highest BCUT2D eigenvalue weighted by Crippen LogP contribution is 2.32. The summed E-state index contributed by atoms with van der Waals surface area (Å²) < 4.78 is 32.4. The molecule has 0 saturated carbocycles. The Morgan fingerprint density at radius 3 is 2.61 bits per heavy atom. The molecule has 5 heteroatoms. The van der Waals surface area contributed by atoms with E-state index in [4.69, 9.17) is 4.74 Å². The molecular weight excluding hydrogens is 304 g/mol. The number of nitrogens with zero attached hydrogens (tertiary/aromatic N) is 1. The Hall–Kier alpha value is -0.680. The van der Waals surface area contributed by atoms with E-state index in [-0.39, 0.29) is 12.8 Å². The molecule has 1 fully saturated rings. The van der Waals surface area contributed by atoms with Crippen LogP contribution in [0.5, 0.6) is 5.75 Å². The Labute approximate surface area is 114 Å². The van der Waals surface area contributed by atoms with Crippen molar-refractivity contribution < 1.29 is 13.5 Å². The molecule has 0 aliphatic carbocycles. The summed E-state index contributed by atoms with van der Waals surface area (Å²) in [5.74, 6) is -1.70. The van der Waals surface area contributed by atoms with E-state index in [1.165, 1.54) is 0 Å². The van der Waals surface area contributed by atoms with Crippen LogP contribution in [0.3, 0.4) is 0 Å². The van der Waals surface area contributed by atoms with Gasteiger partial charge >= 0.3 is 0 Å². The van der Waals surface area contributed by atoms with Crippen LogP contribution >= 0.6 is 15.9 Å². The lowest BCUT2D eigenvalue weighted by Crippen LogP contribution is -2.38. The van der Waals surface area contributed by atoms with Gasteiger partial charge in [-0.3, -0.25) is 4.90 Å². The molecule has 2 rings (SSSR count). The molecule has 100 valence electrons. The zero-order valence-electron chi connectivity index (χ0n) is 10.3. The van der Waals surface area contributed by atoms with Gasteiger partial charge < -0.3 is 4.74 Å². The normalized spacial score (nSPS) is 19.8. The van der Waals surface area contributed by atoms with Crippen molar-refractivity contribution >= 4 is 15.9 Å². The molecule has 18 heavy (non-hydrogen) atoms. The fourth-order valence-electron chi connectivity index (χ4n) is 2.15. The minimum absolute atomic E-state index is 0.0558. The number of benzene rings is 1. The molecule has 1 aromatic rings. The standard InChI is InChI=1S/C13H16BrF2NO/c1-18-12-4-2-3-11(14)10(12)9-17-7-5-13(15,16)6-8-17/h2-4H,5-9H2,1H3. The monoisotopic (exact) mass is 319 g/mol. The molecule has 1 aliphatic rings. The summed E-state index contributed by atoms with van der Waals surface area (Å²) in [4.78, 5) is 2.04. The number of rotatable bonds is 3. The molecule has 0 aromatic heterocycles. The second kappa shape index (κ2) is 5.53. The first-order valence-corrected chi connectivity index (χ1v) is 6.73. The van der Waals surface area contributed by atoms with Gasteiger partial charge in [0.2, 0.25) is 0 Å². The number of alkyl halides is 2. The molecular formula is C13H16BrF2NO. The van der Waals surface area contributed by atoms with E-state index in [2.05, 4.69) is 15.9 Å². The largest absolute Gasteiger partial charge is 0.496 e. The van der Waals surface area contributed by atoms with Gasteiger partial charge in [0.05, 0.1) is 7.11 Å². The predicted molar refractivity (Wildman–Crippen MR) is 70.2 cm³/mol. The Balaban J connectivity index is 2.06. The number of ether oxygens (including phenoxy) is 1. The Kier molecular flexibility index (Phi) is 4.22. The molecule has 1 saturated heterocycles. The smallest absolute Gasteiger partial charge is 0.250 e. The third-order valence-electron chi connectivity index (χ3n) is 3.27. The fourth-order valence-corrected chi connectivity index (χ4v) is 2.62. The Morgan fingerprint density at radius 1 is 1.33 bits per heavy atom. The second-order valence-corrected chi connectivity index (χ2v) is 5.41. The van der Waals surface area contributed by atoms with Crippen LogP contribution in [0.2, 0.25) is 0 Å². The zero-order valence-corrected chi connectivity index (χ0v) is 11.8. The number of likely N-dealkylation sites (tertiary alicyclic amines) is 1. The van der Waals surface area contributed by atoms with Crippen molar-refractivity contribution in [2.24, 2.45) is 0 Å². The number of halogens is 3. The van der Waals surface area contributed by atoms with Crippen LogP contribution in [0.4, 0.5) is 8.78 Å².